The van der Waals surface area contributed by atoms with Crippen LogP contribution in [0.15, 0.2) is 58.2 Å². The first-order chi connectivity index (χ1) is 10.6. The van der Waals surface area contributed by atoms with Gasteiger partial charge in [-0.15, -0.1) is 0 Å². The third kappa shape index (κ3) is 2.06. The highest BCUT2D eigenvalue weighted by molar-refractivity contribution is 9.10. The third-order valence-electron chi connectivity index (χ3n) is 4.19. The first kappa shape index (κ1) is 13.6. The Morgan fingerprint density at radius 1 is 1.18 bits per heavy atom. The Morgan fingerprint density at radius 2 is 1.95 bits per heavy atom. The number of hydrogen-bond acceptors (Lipinski definition) is 3. The molecule has 2 aliphatic rings. The van der Waals surface area contributed by atoms with Gasteiger partial charge in [0.05, 0.1) is 11.3 Å². The number of hydrogen-bond donors (Lipinski definition) is 1. The minimum atomic E-state index is -0.220. The number of esters is 1. The van der Waals surface area contributed by atoms with Crippen LogP contribution < -0.4 is 5.32 Å². The van der Waals surface area contributed by atoms with E-state index in [4.69, 9.17) is 4.74 Å². The van der Waals surface area contributed by atoms with Gasteiger partial charge in [-0.1, -0.05) is 45.8 Å². The maximum atomic E-state index is 12.2. The van der Waals surface area contributed by atoms with E-state index < -0.39 is 0 Å². The van der Waals surface area contributed by atoms with Gasteiger partial charge >= 0.3 is 5.97 Å². The molecule has 4 rings (SSSR count). The number of anilines is 1. The van der Waals surface area contributed by atoms with Gasteiger partial charge in [0, 0.05) is 16.1 Å². The van der Waals surface area contributed by atoms with Gasteiger partial charge in [-0.25, -0.2) is 4.79 Å². The first-order valence-corrected chi connectivity index (χ1v) is 7.96. The molecule has 0 saturated heterocycles. The summed E-state index contributed by atoms with van der Waals surface area (Å²) < 4.78 is 6.28. The van der Waals surface area contributed by atoms with Crippen molar-refractivity contribution in [2.45, 2.75) is 12.8 Å². The molecule has 2 aromatic rings. The van der Waals surface area contributed by atoms with E-state index in [-0.39, 0.29) is 11.9 Å². The van der Waals surface area contributed by atoms with E-state index in [9.17, 15) is 4.79 Å². The van der Waals surface area contributed by atoms with Gasteiger partial charge in [0.25, 0.3) is 0 Å². The molecule has 0 aliphatic carbocycles. The zero-order chi connectivity index (χ0) is 15.3. The maximum absolute atomic E-state index is 12.2. The fourth-order valence-corrected chi connectivity index (χ4v) is 3.43. The minimum Gasteiger partial charge on any atom is -0.456 e. The van der Waals surface area contributed by atoms with Crippen LogP contribution in [0.2, 0.25) is 0 Å². The van der Waals surface area contributed by atoms with Crippen molar-refractivity contribution < 1.29 is 9.53 Å². The van der Waals surface area contributed by atoms with Crippen molar-refractivity contribution >= 4 is 27.6 Å². The molecule has 0 spiro atoms. The number of rotatable bonds is 1. The average molecular weight is 356 g/mol. The molecule has 3 nitrogen and oxygen atoms in total. The van der Waals surface area contributed by atoms with Crippen LogP contribution in [0.5, 0.6) is 0 Å². The average Bonchev–Trinajstić information content (AvgIpc) is 2.87. The van der Waals surface area contributed by atoms with E-state index in [0.717, 1.165) is 32.6 Å². The molecule has 0 fully saturated rings. The zero-order valence-corrected chi connectivity index (χ0v) is 13.6. The lowest BCUT2D eigenvalue weighted by Crippen LogP contribution is -2.19. The molecular weight excluding hydrogens is 342 g/mol. The number of cyclic esters (lactones) is 1. The molecule has 2 heterocycles. The Kier molecular flexibility index (Phi) is 3.08. The Morgan fingerprint density at radius 3 is 2.73 bits per heavy atom. The second-order valence-electron chi connectivity index (χ2n) is 5.67. The van der Waals surface area contributed by atoms with Crippen molar-refractivity contribution in [1.82, 2.24) is 0 Å². The molecule has 2 aliphatic heterocycles. The fourth-order valence-electron chi connectivity index (χ4n) is 3.17. The number of aryl methyl sites for hydroxylation is 1. The molecule has 0 bridgehead atoms. The zero-order valence-electron chi connectivity index (χ0n) is 12.0. The molecule has 110 valence electrons. The number of nitrogens with one attached hydrogen (secondary N) is 1. The van der Waals surface area contributed by atoms with Gasteiger partial charge in [-0.05, 0) is 36.2 Å². The summed E-state index contributed by atoms with van der Waals surface area (Å²) in [7, 11) is 0. The van der Waals surface area contributed by atoms with Crippen molar-refractivity contribution in [3.63, 3.8) is 0 Å². The normalized spacial score (nSPS) is 19.4. The molecule has 2 aromatic carbocycles. The highest BCUT2D eigenvalue weighted by Crippen LogP contribution is 2.44. The van der Waals surface area contributed by atoms with Crippen LogP contribution in [-0.4, -0.2) is 12.6 Å². The quantitative estimate of drug-likeness (QED) is 0.781. The third-order valence-corrected chi connectivity index (χ3v) is 4.72. The number of carbonyl (C=O) groups excluding carboxylic acids is 1. The van der Waals surface area contributed by atoms with Gasteiger partial charge in [-0.2, -0.15) is 0 Å². The standard InChI is InChI=1S/C18H14BrNO2/c1-10-2-7-14-13(8-10)16(11-3-5-12(19)6-4-11)17-15(20-14)9-22-18(17)21/h2-8,16,20H,9H2,1H3. The van der Waals surface area contributed by atoms with Crippen LogP contribution in [0.3, 0.4) is 0 Å². The summed E-state index contributed by atoms with van der Waals surface area (Å²) in [6, 6.07) is 14.4. The molecule has 4 heteroatoms. The molecule has 0 aromatic heterocycles. The first-order valence-electron chi connectivity index (χ1n) is 7.16. The molecule has 0 saturated carbocycles. The summed E-state index contributed by atoms with van der Waals surface area (Å²) >= 11 is 3.47. The second-order valence-corrected chi connectivity index (χ2v) is 6.58. The SMILES string of the molecule is Cc1ccc2c(c1)C(c1ccc(Br)cc1)C1=C(COC1=O)N2. The smallest absolute Gasteiger partial charge is 0.337 e. The van der Waals surface area contributed by atoms with E-state index in [0.29, 0.717) is 6.61 Å². The van der Waals surface area contributed by atoms with Gasteiger partial charge < -0.3 is 10.1 Å². The number of halogens is 1. The Hall–Kier alpha value is -2.07. The van der Waals surface area contributed by atoms with Crippen LogP contribution in [0.4, 0.5) is 5.69 Å². The summed E-state index contributed by atoms with van der Waals surface area (Å²) in [5.74, 6) is -0.295. The van der Waals surface area contributed by atoms with E-state index >= 15 is 0 Å². The van der Waals surface area contributed by atoms with Crippen molar-refractivity contribution in [2.75, 3.05) is 11.9 Å². The molecule has 1 atom stereocenters. The van der Waals surface area contributed by atoms with Crippen molar-refractivity contribution in [3.8, 4) is 0 Å². The lowest BCUT2D eigenvalue weighted by molar-refractivity contribution is -0.136. The summed E-state index contributed by atoms with van der Waals surface area (Å²) in [6.45, 7) is 2.39. The lowest BCUT2D eigenvalue weighted by Gasteiger charge is -2.27. The van der Waals surface area contributed by atoms with E-state index in [1.807, 2.05) is 12.1 Å². The van der Waals surface area contributed by atoms with Crippen LogP contribution in [0.1, 0.15) is 22.6 Å². The van der Waals surface area contributed by atoms with Crippen LogP contribution in [0.25, 0.3) is 0 Å². The van der Waals surface area contributed by atoms with Crippen molar-refractivity contribution in [1.29, 1.82) is 0 Å². The Labute approximate surface area is 137 Å². The van der Waals surface area contributed by atoms with Gasteiger partial charge in [0.2, 0.25) is 0 Å². The van der Waals surface area contributed by atoms with Crippen molar-refractivity contribution in [3.05, 3.63) is 74.9 Å². The van der Waals surface area contributed by atoms with Gasteiger partial charge in [-0.3, -0.25) is 0 Å². The molecule has 0 amide bonds. The summed E-state index contributed by atoms with van der Waals surface area (Å²) in [4.78, 5) is 12.2. The Balaban J connectivity index is 1.94. The topological polar surface area (TPSA) is 38.3 Å². The summed E-state index contributed by atoms with van der Waals surface area (Å²) in [5, 5.41) is 3.35. The number of ether oxygens (including phenoxy) is 1. The van der Waals surface area contributed by atoms with E-state index in [2.05, 4.69) is 58.5 Å². The monoisotopic (exact) mass is 355 g/mol. The lowest BCUT2D eigenvalue weighted by atomic mass is 9.81. The van der Waals surface area contributed by atoms with Crippen LogP contribution in [0, 0.1) is 6.92 Å². The molecular formula is C18H14BrNO2. The van der Waals surface area contributed by atoms with Crippen LogP contribution in [-0.2, 0) is 9.53 Å². The van der Waals surface area contributed by atoms with E-state index in [1.54, 1.807) is 0 Å². The summed E-state index contributed by atoms with van der Waals surface area (Å²) in [6.07, 6.45) is 0. The largest absolute Gasteiger partial charge is 0.456 e. The molecule has 1 unspecified atom stereocenters. The maximum Gasteiger partial charge on any atom is 0.337 e. The molecule has 0 radical (unpaired) electrons. The number of benzene rings is 2. The van der Waals surface area contributed by atoms with Gasteiger partial charge in [0.1, 0.15) is 6.61 Å². The second kappa shape index (κ2) is 4.99. The van der Waals surface area contributed by atoms with Gasteiger partial charge in [0.15, 0.2) is 0 Å². The highest BCUT2D eigenvalue weighted by Gasteiger charge is 2.38. The predicted octanol–water partition coefficient (Wildman–Crippen LogP) is 4.13. The number of carbonyl (C=O) groups is 1. The molecule has 1 N–H and O–H groups in total. The minimum absolute atomic E-state index is 0.0748. The highest BCUT2D eigenvalue weighted by atomic mass is 79.9. The fraction of sp³-hybridized carbons (Fsp3) is 0.167. The van der Waals surface area contributed by atoms with Crippen LogP contribution >= 0.6 is 15.9 Å². The van der Waals surface area contributed by atoms with E-state index in [1.165, 1.54) is 5.56 Å². The molecule has 22 heavy (non-hydrogen) atoms. The Bertz CT molecular complexity index is 808. The summed E-state index contributed by atoms with van der Waals surface area (Å²) in [5.41, 5.74) is 6.08. The predicted molar refractivity (Wildman–Crippen MR) is 88.8 cm³/mol. The van der Waals surface area contributed by atoms with Crippen molar-refractivity contribution in [2.24, 2.45) is 0 Å². The number of fused-ring (bicyclic) bond motifs is 1.